The lowest BCUT2D eigenvalue weighted by Crippen LogP contribution is -2.23. The molecule has 0 saturated heterocycles. The number of hydrogen-bond donors (Lipinski definition) is 3. The first-order valence-corrected chi connectivity index (χ1v) is 6.83. The molecule has 0 fully saturated rings. The third-order valence-electron chi connectivity index (χ3n) is 3.42. The number of amidine groups is 1. The molecule has 0 spiro atoms. The van der Waals surface area contributed by atoms with Crippen LogP contribution in [0, 0.1) is 6.92 Å². The lowest BCUT2D eigenvalue weighted by Gasteiger charge is -2.15. The Labute approximate surface area is 124 Å². The minimum Gasteiger partial charge on any atom is -0.409 e. The number of oxime groups is 1. The van der Waals surface area contributed by atoms with Crippen LogP contribution in [0.4, 0.5) is 0 Å². The molecule has 0 aliphatic rings. The van der Waals surface area contributed by atoms with Gasteiger partial charge in [-0.3, -0.25) is 4.98 Å². The molecule has 0 aliphatic carbocycles. The van der Waals surface area contributed by atoms with Gasteiger partial charge in [0.2, 0.25) is 0 Å². The molecule has 2 rings (SSSR count). The van der Waals surface area contributed by atoms with E-state index in [4.69, 9.17) is 10.9 Å². The number of nitrogens with two attached hydrogens (primary N) is 1. The molecule has 1 atom stereocenters. The van der Waals surface area contributed by atoms with E-state index in [-0.39, 0.29) is 11.9 Å². The SMILES string of the molecule is Cc1ccc(C(C)NCc2cccnc2C(N)=NO)cc1. The van der Waals surface area contributed by atoms with E-state index in [0.29, 0.717) is 12.2 Å². The van der Waals surface area contributed by atoms with Gasteiger partial charge >= 0.3 is 0 Å². The van der Waals surface area contributed by atoms with E-state index in [9.17, 15) is 0 Å². The van der Waals surface area contributed by atoms with Crippen molar-refractivity contribution in [2.75, 3.05) is 0 Å². The van der Waals surface area contributed by atoms with Gasteiger partial charge in [0.05, 0.1) is 0 Å². The van der Waals surface area contributed by atoms with Crippen LogP contribution >= 0.6 is 0 Å². The van der Waals surface area contributed by atoms with Gasteiger partial charge in [-0.15, -0.1) is 0 Å². The molecule has 1 heterocycles. The van der Waals surface area contributed by atoms with Crippen LogP contribution in [0.1, 0.15) is 35.3 Å². The Morgan fingerprint density at radius 3 is 2.71 bits per heavy atom. The predicted octanol–water partition coefficient (Wildman–Crippen LogP) is 2.34. The summed E-state index contributed by atoms with van der Waals surface area (Å²) in [6.45, 7) is 4.76. The lowest BCUT2D eigenvalue weighted by molar-refractivity contribution is 0.318. The van der Waals surface area contributed by atoms with Crippen molar-refractivity contribution in [2.24, 2.45) is 10.9 Å². The Balaban J connectivity index is 2.08. The number of rotatable bonds is 5. The second-order valence-corrected chi connectivity index (χ2v) is 5.01. The van der Waals surface area contributed by atoms with Crippen molar-refractivity contribution in [3.05, 3.63) is 65.0 Å². The van der Waals surface area contributed by atoms with Crippen molar-refractivity contribution >= 4 is 5.84 Å². The van der Waals surface area contributed by atoms with Crippen LogP contribution in [-0.4, -0.2) is 16.0 Å². The van der Waals surface area contributed by atoms with Crippen LogP contribution in [0.3, 0.4) is 0 Å². The normalized spacial score (nSPS) is 13.1. The van der Waals surface area contributed by atoms with Gasteiger partial charge in [0.25, 0.3) is 0 Å². The van der Waals surface area contributed by atoms with Gasteiger partial charge in [0.1, 0.15) is 5.69 Å². The minimum absolute atomic E-state index is 0.0235. The highest BCUT2D eigenvalue weighted by atomic mass is 16.4. The second kappa shape index (κ2) is 6.85. The Hall–Kier alpha value is -2.40. The fraction of sp³-hybridized carbons (Fsp3) is 0.250. The molecule has 1 aromatic heterocycles. The Morgan fingerprint density at radius 1 is 1.33 bits per heavy atom. The molecule has 0 amide bonds. The summed E-state index contributed by atoms with van der Waals surface area (Å²) in [6.07, 6.45) is 1.63. The topological polar surface area (TPSA) is 83.5 Å². The first-order valence-electron chi connectivity index (χ1n) is 6.83. The Bertz CT molecular complexity index is 622. The highest BCUT2D eigenvalue weighted by Gasteiger charge is 2.10. The first kappa shape index (κ1) is 15.0. The molecule has 21 heavy (non-hydrogen) atoms. The van der Waals surface area contributed by atoms with Gasteiger partial charge in [0, 0.05) is 18.8 Å². The van der Waals surface area contributed by atoms with Gasteiger partial charge in [0.15, 0.2) is 5.84 Å². The Morgan fingerprint density at radius 2 is 2.05 bits per heavy atom. The molecule has 1 aromatic carbocycles. The van der Waals surface area contributed by atoms with Gasteiger partial charge in [-0.2, -0.15) is 0 Å². The van der Waals surface area contributed by atoms with Crippen LogP contribution < -0.4 is 11.1 Å². The van der Waals surface area contributed by atoms with E-state index in [1.54, 1.807) is 6.20 Å². The van der Waals surface area contributed by atoms with Gasteiger partial charge < -0.3 is 16.3 Å². The maximum Gasteiger partial charge on any atom is 0.189 e. The van der Waals surface area contributed by atoms with Crippen molar-refractivity contribution in [1.82, 2.24) is 10.3 Å². The number of nitrogens with zero attached hydrogens (tertiary/aromatic N) is 2. The number of nitrogens with one attached hydrogen (secondary N) is 1. The average Bonchev–Trinajstić information content (AvgIpc) is 2.52. The highest BCUT2D eigenvalue weighted by Crippen LogP contribution is 2.14. The highest BCUT2D eigenvalue weighted by molar-refractivity contribution is 5.96. The summed E-state index contributed by atoms with van der Waals surface area (Å²) in [4.78, 5) is 4.16. The van der Waals surface area contributed by atoms with Gasteiger partial charge in [-0.05, 0) is 31.0 Å². The maximum absolute atomic E-state index is 8.80. The van der Waals surface area contributed by atoms with E-state index in [1.807, 2.05) is 12.1 Å². The summed E-state index contributed by atoms with van der Waals surface area (Å²) < 4.78 is 0. The molecular formula is C16H20N4O. The van der Waals surface area contributed by atoms with E-state index in [2.05, 4.69) is 53.6 Å². The molecule has 5 nitrogen and oxygen atoms in total. The molecule has 0 saturated carbocycles. The van der Waals surface area contributed by atoms with Gasteiger partial charge in [-0.1, -0.05) is 41.1 Å². The van der Waals surface area contributed by atoms with Crippen LogP contribution in [0.5, 0.6) is 0 Å². The summed E-state index contributed by atoms with van der Waals surface area (Å²) in [5, 5.41) is 15.2. The number of aryl methyl sites for hydroxylation is 1. The monoisotopic (exact) mass is 284 g/mol. The van der Waals surface area contributed by atoms with Crippen LogP contribution in [0.15, 0.2) is 47.8 Å². The summed E-state index contributed by atoms with van der Waals surface area (Å²) in [7, 11) is 0. The second-order valence-electron chi connectivity index (χ2n) is 5.01. The Kier molecular flexibility index (Phi) is 4.90. The average molecular weight is 284 g/mol. The summed E-state index contributed by atoms with van der Waals surface area (Å²) in [5.74, 6) is 0.0235. The first-order chi connectivity index (χ1) is 10.1. The minimum atomic E-state index is 0.0235. The third kappa shape index (κ3) is 3.79. The van der Waals surface area contributed by atoms with Gasteiger partial charge in [-0.25, -0.2) is 0 Å². The largest absolute Gasteiger partial charge is 0.409 e. The smallest absolute Gasteiger partial charge is 0.189 e. The molecule has 5 heteroatoms. The molecule has 110 valence electrons. The molecular weight excluding hydrogens is 264 g/mol. The fourth-order valence-electron chi connectivity index (χ4n) is 2.10. The maximum atomic E-state index is 8.80. The number of benzene rings is 1. The molecule has 4 N–H and O–H groups in total. The number of hydrogen-bond acceptors (Lipinski definition) is 4. The lowest BCUT2D eigenvalue weighted by atomic mass is 10.1. The summed E-state index contributed by atoms with van der Waals surface area (Å²) in [5.41, 5.74) is 9.50. The van der Waals surface area contributed by atoms with Crippen molar-refractivity contribution in [3.8, 4) is 0 Å². The molecule has 0 bridgehead atoms. The summed E-state index contributed by atoms with van der Waals surface area (Å²) in [6, 6.07) is 12.4. The van der Waals surface area contributed by atoms with E-state index in [1.165, 1.54) is 11.1 Å². The number of pyridine rings is 1. The molecule has 0 aliphatic heterocycles. The summed E-state index contributed by atoms with van der Waals surface area (Å²) >= 11 is 0. The van der Waals surface area contributed by atoms with Crippen molar-refractivity contribution in [1.29, 1.82) is 0 Å². The predicted molar refractivity (Wildman–Crippen MR) is 83.2 cm³/mol. The third-order valence-corrected chi connectivity index (χ3v) is 3.42. The fourth-order valence-corrected chi connectivity index (χ4v) is 2.10. The zero-order chi connectivity index (χ0) is 15.2. The van der Waals surface area contributed by atoms with E-state index < -0.39 is 0 Å². The quantitative estimate of drug-likeness (QED) is 0.340. The van der Waals surface area contributed by atoms with Crippen LogP contribution in [0.2, 0.25) is 0 Å². The van der Waals surface area contributed by atoms with Crippen molar-refractivity contribution in [3.63, 3.8) is 0 Å². The standard InChI is InChI=1S/C16H20N4O/c1-11-5-7-13(8-6-11)12(2)19-10-14-4-3-9-18-15(14)16(17)20-21/h3-9,12,19,21H,10H2,1-2H3,(H2,17,20). The molecule has 2 aromatic rings. The van der Waals surface area contributed by atoms with E-state index >= 15 is 0 Å². The number of aromatic nitrogens is 1. The van der Waals surface area contributed by atoms with Crippen LogP contribution in [0.25, 0.3) is 0 Å². The zero-order valence-corrected chi connectivity index (χ0v) is 12.2. The van der Waals surface area contributed by atoms with Crippen molar-refractivity contribution < 1.29 is 5.21 Å². The molecule has 0 radical (unpaired) electrons. The zero-order valence-electron chi connectivity index (χ0n) is 12.2. The molecule has 1 unspecified atom stereocenters. The van der Waals surface area contributed by atoms with E-state index in [0.717, 1.165) is 5.56 Å². The van der Waals surface area contributed by atoms with Crippen LogP contribution in [-0.2, 0) is 6.54 Å². The van der Waals surface area contributed by atoms with Crippen molar-refractivity contribution in [2.45, 2.75) is 26.4 Å².